The van der Waals surface area contributed by atoms with E-state index in [-0.39, 0.29) is 6.04 Å². The first-order valence-corrected chi connectivity index (χ1v) is 7.22. The Bertz CT molecular complexity index is 569. The molecule has 0 saturated carbocycles. The van der Waals surface area contributed by atoms with Crippen molar-refractivity contribution in [2.75, 3.05) is 19.5 Å². The summed E-state index contributed by atoms with van der Waals surface area (Å²) in [5.41, 5.74) is 0.866. The maximum atomic E-state index is 6.10. The van der Waals surface area contributed by atoms with Gasteiger partial charge < -0.3 is 19.2 Å². The first-order valence-electron chi connectivity index (χ1n) is 6.84. The third-order valence-electron chi connectivity index (χ3n) is 3.28. The number of nitrogens with one attached hydrogen (secondary N) is 1. The smallest absolute Gasteiger partial charge is 0.143 e. The summed E-state index contributed by atoms with van der Waals surface area (Å²) < 4.78 is 15.9. The molecule has 0 aliphatic heterocycles. The van der Waals surface area contributed by atoms with Crippen LogP contribution in [0, 0.1) is 0 Å². The van der Waals surface area contributed by atoms with Gasteiger partial charge in [0.1, 0.15) is 17.3 Å². The van der Waals surface area contributed by atoms with Crippen molar-refractivity contribution in [3.63, 3.8) is 0 Å². The summed E-state index contributed by atoms with van der Waals surface area (Å²) in [7, 11) is 3.22. The van der Waals surface area contributed by atoms with E-state index in [1.165, 1.54) is 0 Å². The zero-order valence-electron chi connectivity index (χ0n) is 12.5. The zero-order valence-corrected chi connectivity index (χ0v) is 13.2. The predicted octanol–water partition coefficient (Wildman–Crippen LogP) is 4.38. The van der Waals surface area contributed by atoms with Crippen LogP contribution in [0.15, 0.2) is 34.9 Å². The number of hydrogen-bond donors (Lipinski definition) is 1. The normalized spacial score (nSPS) is 12.0. The van der Waals surface area contributed by atoms with E-state index >= 15 is 0 Å². The van der Waals surface area contributed by atoms with Crippen LogP contribution in [-0.2, 0) is 6.42 Å². The van der Waals surface area contributed by atoms with Crippen molar-refractivity contribution in [3.05, 3.63) is 41.3 Å². The van der Waals surface area contributed by atoms with Crippen LogP contribution < -0.4 is 14.8 Å². The Hall–Kier alpha value is -1.81. The average Bonchev–Trinajstić information content (AvgIpc) is 2.99. The van der Waals surface area contributed by atoms with Crippen LogP contribution in [0.5, 0.6) is 11.5 Å². The molecule has 2 rings (SSSR count). The highest BCUT2D eigenvalue weighted by Crippen LogP contribution is 2.36. The summed E-state index contributed by atoms with van der Waals surface area (Å²) in [6, 6.07) is 7.75. The van der Waals surface area contributed by atoms with Crippen LogP contribution in [0.1, 0.15) is 19.1 Å². The third kappa shape index (κ3) is 4.08. The number of rotatable bonds is 7. The monoisotopic (exact) mass is 309 g/mol. The summed E-state index contributed by atoms with van der Waals surface area (Å²) >= 11 is 6.10. The highest BCUT2D eigenvalue weighted by Gasteiger charge is 2.12. The van der Waals surface area contributed by atoms with Gasteiger partial charge in [0, 0.05) is 24.6 Å². The fraction of sp³-hybridized carbons (Fsp3) is 0.375. The first kappa shape index (κ1) is 15.6. The van der Waals surface area contributed by atoms with Crippen molar-refractivity contribution >= 4 is 17.3 Å². The molecular weight excluding hydrogens is 290 g/mol. The Kier molecular flexibility index (Phi) is 5.39. The van der Waals surface area contributed by atoms with Gasteiger partial charge in [0.25, 0.3) is 0 Å². The van der Waals surface area contributed by atoms with E-state index in [2.05, 4.69) is 12.2 Å². The zero-order chi connectivity index (χ0) is 15.2. The van der Waals surface area contributed by atoms with E-state index in [4.69, 9.17) is 25.5 Å². The molecule has 5 heteroatoms. The number of aryl methyl sites for hydroxylation is 1. The van der Waals surface area contributed by atoms with E-state index in [0.717, 1.165) is 24.3 Å². The fourth-order valence-electron chi connectivity index (χ4n) is 2.12. The minimum atomic E-state index is 0.259. The number of halogens is 1. The molecule has 4 nitrogen and oxygen atoms in total. The van der Waals surface area contributed by atoms with Gasteiger partial charge in [0.15, 0.2) is 0 Å². The van der Waals surface area contributed by atoms with Crippen LogP contribution >= 0.6 is 11.6 Å². The molecule has 0 bridgehead atoms. The Labute approximate surface area is 130 Å². The van der Waals surface area contributed by atoms with Crippen molar-refractivity contribution < 1.29 is 13.9 Å². The van der Waals surface area contributed by atoms with E-state index < -0.39 is 0 Å². The topological polar surface area (TPSA) is 43.6 Å². The minimum Gasteiger partial charge on any atom is -0.495 e. The van der Waals surface area contributed by atoms with Crippen LogP contribution in [0.3, 0.4) is 0 Å². The summed E-state index contributed by atoms with van der Waals surface area (Å²) in [5.74, 6) is 2.31. The van der Waals surface area contributed by atoms with E-state index in [0.29, 0.717) is 16.5 Å². The highest BCUT2D eigenvalue weighted by atomic mass is 35.5. The van der Waals surface area contributed by atoms with E-state index in [1.54, 1.807) is 26.5 Å². The molecule has 1 aromatic carbocycles. The molecule has 1 unspecified atom stereocenters. The standard InChI is InChI=1S/C16H20ClNO3/c1-11(6-7-12-5-4-8-21-12)18-14-10-15(19-2)13(17)9-16(14)20-3/h4-5,8-11,18H,6-7H2,1-3H3. The van der Waals surface area contributed by atoms with Gasteiger partial charge in [-0.05, 0) is 25.5 Å². The summed E-state index contributed by atoms with van der Waals surface area (Å²) in [6.45, 7) is 2.11. The van der Waals surface area contributed by atoms with Crippen molar-refractivity contribution in [1.29, 1.82) is 0 Å². The second kappa shape index (κ2) is 7.27. The lowest BCUT2D eigenvalue weighted by atomic mass is 10.1. The highest BCUT2D eigenvalue weighted by molar-refractivity contribution is 6.32. The number of benzene rings is 1. The molecule has 1 atom stereocenters. The Morgan fingerprint density at radius 2 is 2.00 bits per heavy atom. The number of furan rings is 1. The molecule has 0 aliphatic carbocycles. The van der Waals surface area contributed by atoms with E-state index in [9.17, 15) is 0 Å². The van der Waals surface area contributed by atoms with Gasteiger partial charge in [-0.25, -0.2) is 0 Å². The van der Waals surface area contributed by atoms with E-state index in [1.807, 2.05) is 18.2 Å². The third-order valence-corrected chi connectivity index (χ3v) is 3.58. The summed E-state index contributed by atoms with van der Waals surface area (Å²) in [6.07, 6.45) is 3.52. The molecule has 114 valence electrons. The minimum absolute atomic E-state index is 0.259. The van der Waals surface area contributed by atoms with Crippen molar-refractivity contribution in [3.8, 4) is 11.5 Å². The Morgan fingerprint density at radius 3 is 2.62 bits per heavy atom. The molecule has 2 aromatic rings. The number of hydrogen-bond acceptors (Lipinski definition) is 4. The van der Waals surface area contributed by atoms with Gasteiger partial charge in [-0.15, -0.1) is 0 Å². The van der Waals surface area contributed by atoms with Crippen molar-refractivity contribution in [2.24, 2.45) is 0 Å². The van der Waals surface area contributed by atoms with Gasteiger partial charge >= 0.3 is 0 Å². The molecule has 0 spiro atoms. The lowest BCUT2D eigenvalue weighted by Crippen LogP contribution is -2.16. The molecule has 0 saturated heterocycles. The maximum absolute atomic E-state index is 6.10. The predicted molar refractivity (Wildman–Crippen MR) is 84.7 cm³/mol. The quantitative estimate of drug-likeness (QED) is 0.824. The van der Waals surface area contributed by atoms with Crippen molar-refractivity contribution in [1.82, 2.24) is 0 Å². The Morgan fingerprint density at radius 1 is 1.24 bits per heavy atom. The van der Waals surface area contributed by atoms with Crippen LogP contribution in [-0.4, -0.2) is 20.3 Å². The number of anilines is 1. The van der Waals surface area contributed by atoms with Gasteiger partial charge in [0.2, 0.25) is 0 Å². The summed E-state index contributed by atoms with van der Waals surface area (Å²) in [5, 5.41) is 3.95. The van der Waals surface area contributed by atoms with Gasteiger partial charge in [-0.3, -0.25) is 0 Å². The number of ether oxygens (including phenoxy) is 2. The molecule has 0 aliphatic rings. The molecule has 21 heavy (non-hydrogen) atoms. The second-order valence-corrected chi connectivity index (χ2v) is 5.26. The largest absolute Gasteiger partial charge is 0.495 e. The van der Waals surface area contributed by atoms with Crippen LogP contribution in [0.2, 0.25) is 5.02 Å². The molecule has 1 aromatic heterocycles. The Balaban J connectivity index is 2.03. The second-order valence-electron chi connectivity index (χ2n) is 4.85. The van der Waals surface area contributed by atoms with Gasteiger partial charge in [0.05, 0.1) is 31.2 Å². The fourth-order valence-corrected chi connectivity index (χ4v) is 2.36. The molecule has 0 amide bonds. The van der Waals surface area contributed by atoms with Crippen molar-refractivity contribution in [2.45, 2.75) is 25.8 Å². The molecule has 1 heterocycles. The lowest BCUT2D eigenvalue weighted by molar-refractivity contribution is 0.404. The summed E-state index contributed by atoms with van der Waals surface area (Å²) in [4.78, 5) is 0. The molecule has 1 N–H and O–H groups in total. The van der Waals surface area contributed by atoms with Gasteiger partial charge in [-0.1, -0.05) is 11.6 Å². The SMILES string of the molecule is COc1cc(NC(C)CCc2ccco2)c(OC)cc1Cl. The first-order chi connectivity index (χ1) is 10.1. The molecule has 0 radical (unpaired) electrons. The van der Waals surface area contributed by atoms with Gasteiger partial charge in [-0.2, -0.15) is 0 Å². The van der Waals surface area contributed by atoms with Crippen LogP contribution in [0.4, 0.5) is 5.69 Å². The molecular formula is C16H20ClNO3. The average molecular weight is 310 g/mol. The molecule has 0 fully saturated rings. The lowest BCUT2D eigenvalue weighted by Gasteiger charge is -2.18. The van der Waals surface area contributed by atoms with Crippen LogP contribution in [0.25, 0.3) is 0 Å². The number of methoxy groups -OCH3 is 2. The maximum Gasteiger partial charge on any atom is 0.143 e.